The Hall–Kier alpha value is -1.08. The zero-order chi connectivity index (χ0) is 29.1. The molecule has 0 aliphatic carbocycles. The Labute approximate surface area is 277 Å². The fourth-order valence-electron chi connectivity index (χ4n) is 5.43. The van der Waals surface area contributed by atoms with Crippen molar-refractivity contribution in [3.8, 4) is 0 Å². The molecule has 0 saturated carbocycles. The molecule has 0 radical (unpaired) electrons. The van der Waals surface area contributed by atoms with Gasteiger partial charge in [0.1, 0.15) is 24.8 Å². The first-order valence-corrected chi connectivity index (χ1v) is 17.6. The van der Waals surface area contributed by atoms with Crippen molar-refractivity contribution in [2.75, 3.05) is 13.2 Å². The average molecular weight is 646 g/mol. The van der Waals surface area contributed by atoms with Gasteiger partial charge in [0.2, 0.25) is 12.7 Å². The zero-order valence-corrected chi connectivity index (χ0v) is 29.4. The van der Waals surface area contributed by atoms with E-state index in [-0.39, 0.29) is 24.8 Å². The van der Waals surface area contributed by atoms with E-state index in [2.05, 4.69) is 69.6 Å². The van der Waals surface area contributed by atoms with Gasteiger partial charge in [-0.05, 0) is 44.9 Å². The van der Waals surface area contributed by atoms with E-state index in [0.29, 0.717) is 13.5 Å². The lowest BCUT2D eigenvalue weighted by atomic mass is 10.1. The number of ether oxygens (including phenoxy) is 2. The third-order valence-corrected chi connectivity index (χ3v) is 8.09. The molecule has 252 valence electrons. The fraction of sp³-hybridized carbons (Fsp3) is 0.829. The van der Waals surface area contributed by atoms with Crippen LogP contribution in [-0.2, 0) is 36.0 Å². The van der Waals surface area contributed by atoms with E-state index >= 15 is 0 Å². The first-order chi connectivity index (χ1) is 20.3. The molecule has 0 N–H and O–H groups in total. The molecule has 2 aromatic heterocycles. The Balaban J connectivity index is 0.00000882. The van der Waals surface area contributed by atoms with Crippen LogP contribution in [0, 0.1) is 0 Å². The van der Waals surface area contributed by atoms with E-state index in [4.69, 9.17) is 9.47 Å². The highest BCUT2D eigenvalue weighted by atomic mass is 35.5. The topological polar surface area (TPSA) is 36.1 Å². The molecule has 2 rings (SSSR count). The molecule has 0 amide bonds. The summed E-state index contributed by atoms with van der Waals surface area (Å²) in [6.07, 6.45) is 41.1. The molecule has 0 spiro atoms. The lowest BCUT2D eigenvalue weighted by molar-refractivity contribution is -0.732. The number of hydrogen-bond acceptors (Lipinski definition) is 2. The largest absolute Gasteiger partial charge is 1.00 e. The molecule has 6 nitrogen and oxygen atoms in total. The highest BCUT2D eigenvalue weighted by molar-refractivity contribution is 4.66. The van der Waals surface area contributed by atoms with Gasteiger partial charge in [0.25, 0.3) is 0 Å². The molecule has 0 unspecified atom stereocenters. The Morgan fingerprint density at radius 3 is 1.14 bits per heavy atom. The second kappa shape index (κ2) is 30.9. The van der Waals surface area contributed by atoms with Gasteiger partial charge in [-0.1, -0.05) is 104 Å². The van der Waals surface area contributed by atoms with Crippen molar-refractivity contribution < 1.29 is 43.4 Å². The quantitative estimate of drug-likeness (QED) is 0.0969. The Morgan fingerprint density at radius 2 is 0.767 bits per heavy atom. The van der Waals surface area contributed by atoms with Crippen molar-refractivity contribution in [3.05, 3.63) is 37.4 Å². The van der Waals surface area contributed by atoms with E-state index in [0.717, 1.165) is 45.6 Å². The first kappa shape index (κ1) is 41.9. The summed E-state index contributed by atoms with van der Waals surface area (Å²) in [5, 5.41) is 0. The third kappa shape index (κ3) is 23.9. The number of unbranched alkanes of at least 4 members (excludes halogenated alkanes) is 18. The van der Waals surface area contributed by atoms with Crippen molar-refractivity contribution in [1.82, 2.24) is 9.13 Å². The number of hydrogen-bond donors (Lipinski definition) is 0. The van der Waals surface area contributed by atoms with Crippen molar-refractivity contribution in [2.45, 2.75) is 175 Å². The summed E-state index contributed by atoms with van der Waals surface area (Å²) in [5.41, 5.74) is 0. The van der Waals surface area contributed by atoms with Crippen LogP contribution in [0.4, 0.5) is 0 Å². The summed E-state index contributed by atoms with van der Waals surface area (Å²) in [7, 11) is 0. The SMILES string of the molecule is CCCCCCCCCCCn1cc[n+](COCCCCCOC[n+]2ccn(CCCCCCCCCCC)c2)c1.[Cl-].[Cl-]. The molecule has 0 aliphatic heterocycles. The minimum atomic E-state index is 0. The van der Waals surface area contributed by atoms with Crippen LogP contribution in [0.15, 0.2) is 37.4 Å². The van der Waals surface area contributed by atoms with Gasteiger partial charge in [0, 0.05) is 0 Å². The maximum absolute atomic E-state index is 5.88. The molecule has 2 aromatic rings. The first-order valence-electron chi connectivity index (χ1n) is 17.6. The molecule has 0 aromatic carbocycles. The second-order valence-electron chi connectivity index (χ2n) is 12.1. The number of aryl methyl sites for hydroxylation is 2. The van der Waals surface area contributed by atoms with Crippen LogP contribution in [0.2, 0.25) is 0 Å². The van der Waals surface area contributed by atoms with Gasteiger partial charge < -0.3 is 34.3 Å². The monoisotopic (exact) mass is 644 g/mol. The lowest BCUT2D eigenvalue weighted by Crippen LogP contribution is -3.00. The number of rotatable bonds is 30. The van der Waals surface area contributed by atoms with Crippen LogP contribution in [0.5, 0.6) is 0 Å². The molecular formula is C35H66Cl2N4O2. The number of halogens is 2. The number of nitrogens with zero attached hydrogens (tertiary/aromatic N) is 4. The van der Waals surface area contributed by atoms with Crippen LogP contribution in [-0.4, -0.2) is 22.3 Å². The van der Waals surface area contributed by atoms with Crippen molar-refractivity contribution in [3.63, 3.8) is 0 Å². The second-order valence-corrected chi connectivity index (χ2v) is 12.1. The average Bonchev–Trinajstić information content (AvgIpc) is 3.64. The highest BCUT2D eigenvalue weighted by Gasteiger charge is 2.05. The summed E-state index contributed by atoms with van der Waals surface area (Å²) in [6, 6.07) is 0. The molecule has 0 atom stereocenters. The molecular weight excluding hydrogens is 579 g/mol. The molecule has 2 heterocycles. The summed E-state index contributed by atoms with van der Waals surface area (Å²) in [4.78, 5) is 0. The third-order valence-electron chi connectivity index (χ3n) is 8.09. The van der Waals surface area contributed by atoms with Gasteiger partial charge in [0.15, 0.2) is 13.5 Å². The standard InChI is InChI=1S/C35H66N4O2.2ClH/c1-3-5-7-9-11-13-15-17-20-24-36-26-28-38(32-36)34-40-30-22-19-23-31-41-35-39-29-27-37(33-39)25-21-18-16-14-12-10-8-6-4-2;;/h26-29,32-33H,3-25,30-31,34-35H2,1-2H3;2*1H/q+2;;/p-2. The van der Waals surface area contributed by atoms with E-state index < -0.39 is 0 Å². The predicted octanol–water partition coefficient (Wildman–Crippen LogP) is 2.75. The molecule has 0 aliphatic rings. The normalized spacial score (nSPS) is 11.0. The van der Waals surface area contributed by atoms with Gasteiger partial charge >= 0.3 is 0 Å². The minimum Gasteiger partial charge on any atom is -1.00 e. The van der Waals surface area contributed by atoms with Crippen LogP contribution in [0.3, 0.4) is 0 Å². The molecule has 0 saturated heterocycles. The molecule has 8 heteroatoms. The van der Waals surface area contributed by atoms with Crippen LogP contribution in [0.25, 0.3) is 0 Å². The number of aromatic nitrogens is 4. The van der Waals surface area contributed by atoms with Gasteiger partial charge in [-0.15, -0.1) is 0 Å². The Morgan fingerprint density at radius 1 is 0.442 bits per heavy atom. The van der Waals surface area contributed by atoms with Gasteiger partial charge in [-0.3, -0.25) is 0 Å². The molecule has 43 heavy (non-hydrogen) atoms. The molecule has 0 bridgehead atoms. The lowest BCUT2D eigenvalue weighted by Gasteiger charge is -2.03. The smallest absolute Gasteiger partial charge is 0.245 e. The summed E-state index contributed by atoms with van der Waals surface area (Å²) >= 11 is 0. The number of imidazole rings is 2. The molecule has 0 fully saturated rings. The van der Waals surface area contributed by atoms with Gasteiger partial charge in [-0.25, -0.2) is 18.3 Å². The summed E-state index contributed by atoms with van der Waals surface area (Å²) in [5.74, 6) is 0. The van der Waals surface area contributed by atoms with E-state index in [1.54, 1.807) is 0 Å². The zero-order valence-electron chi connectivity index (χ0n) is 27.9. The van der Waals surface area contributed by atoms with Crippen LogP contribution in [0.1, 0.15) is 149 Å². The maximum atomic E-state index is 5.88. The van der Waals surface area contributed by atoms with E-state index in [1.165, 1.54) is 116 Å². The highest BCUT2D eigenvalue weighted by Crippen LogP contribution is 2.11. The van der Waals surface area contributed by atoms with E-state index in [1.807, 2.05) is 0 Å². The van der Waals surface area contributed by atoms with Crippen molar-refractivity contribution in [1.29, 1.82) is 0 Å². The van der Waals surface area contributed by atoms with Crippen molar-refractivity contribution in [2.24, 2.45) is 0 Å². The van der Waals surface area contributed by atoms with Crippen LogP contribution < -0.4 is 33.9 Å². The van der Waals surface area contributed by atoms with Crippen molar-refractivity contribution >= 4 is 0 Å². The van der Waals surface area contributed by atoms with Gasteiger partial charge in [0.05, 0.1) is 26.3 Å². The van der Waals surface area contributed by atoms with Crippen LogP contribution >= 0.6 is 0 Å². The minimum absolute atomic E-state index is 0. The fourth-order valence-corrected chi connectivity index (χ4v) is 5.43. The van der Waals surface area contributed by atoms with Gasteiger partial charge in [-0.2, -0.15) is 0 Å². The maximum Gasteiger partial charge on any atom is 0.245 e. The Bertz CT molecular complexity index is 764. The summed E-state index contributed by atoms with van der Waals surface area (Å²) in [6.45, 7) is 9.72. The summed E-state index contributed by atoms with van der Waals surface area (Å²) < 4.78 is 20.7. The predicted molar refractivity (Wildman–Crippen MR) is 169 cm³/mol. The Kier molecular flexibility index (Phi) is 30.1. The van der Waals surface area contributed by atoms with E-state index in [9.17, 15) is 0 Å².